The smallest absolute Gasteiger partial charge is 0.223 e. The second kappa shape index (κ2) is 10.6. The third-order valence-corrected chi connectivity index (χ3v) is 6.16. The first-order valence-electron chi connectivity index (χ1n) is 9.65. The van der Waals surface area contributed by atoms with Gasteiger partial charge in [0.25, 0.3) is 0 Å². The van der Waals surface area contributed by atoms with E-state index in [1.807, 2.05) is 18.7 Å². The molecule has 27 heavy (non-hydrogen) atoms. The number of hydrogen-bond donors (Lipinski definition) is 1. The van der Waals surface area contributed by atoms with Crippen molar-refractivity contribution in [3.05, 3.63) is 17.0 Å². The zero-order valence-electron chi connectivity index (χ0n) is 16.5. The van der Waals surface area contributed by atoms with Crippen molar-refractivity contribution in [3.8, 4) is 0 Å². The largest absolute Gasteiger partial charge is 0.361 e. The van der Waals surface area contributed by atoms with Crippen LogP contribution in [0.25, 0.3) is 0 Å². The van der Waals surface area contributed by atoms with Crippen molar-refractivity contribution >= 4 is 30.7 Å². The molecule has 8 heteroatoms. The molecule has 2 aliphatic rings. The molecule has 2 fully saturated rings. The van der Waals surface area contributed by atoms with E-state index in [4.69, 9.17) is 10.3 Å². The highest BCUT2D eigenvalue weighted by Crippen LogP contribution is 2.38. The van der Waals surface area contributed by atoms with Crippen LogP contribution in [0.15, 0.2) is 4.52 Å². The summed E-state index contributed by atoms with van der Waals surface area (Å²) in [6.45, 7) is 8.89. The predicted molar refractivity (Wildman–Crippen MR) is 112 cm³/mol. The van der Waals surface area contributed by atoms with E-state index in [0.717, 1.165) is 57.0 Å². The lowest BCUT2D eigenvalue weighted by molar-refractivity contribution is -0.136. The van der Waals surface area contributed by atoms with Gasteiger partial charge in [-0.1, -0.05) is 24.4 Å². The summed E-state index contributed by atoms with van der Waals surface area (Å²) in [4.78, 5) is 17.2. The van der Waals surface area contributed by atoms with Crippen LogP contribution in [-0.2, 0) is 11.3 Å². The number of hydrogen-bond acceptors (Lipinski definition) is 5. The first kappa shape index (κ1) is 24.2. The summed E-state index contributed by atoms with van der Waals surface area (Å²) in [5.74, 6) is 1.20. The van der Waals surface area contributed by atoms with Crippen LogP contribution < -0.4 is 5.73 Å². The lowest BCUT2D eigenvalue weighted by atomic mass is 9.71. The summed E-state index contributed by atoms with van der Waals surface area (Å²) >= 11 is 0. The Bertz CT molecular complexity index is 575. The van der Waals surface area contributed by atoms with Gasteiger partial charge in [-0.05, 0) is 38.6 Å². The van der Waals surface area contributed by atoms with Gasteiger partial charge in [-0.15, -0.1) is 24.8 Å². The lowest BCUT2D eigenvalue weighted by Gasteiger charge is -2.39. The quantitative estimate of drug-likeness (QED) is 0.791. The zero-order chi connectivity index (χ0) is 17.9. The number of aryl methyl sites for hydroxylation is 2. The maximum atomic E-state index is 12.8. The van der Waals surface area contributed by atoms with E-state index in [0.29, 0.717) is 18.9 Å². The maximum absolute atomic E-state index is 12.8. The number of carbonyl (C=O) groups is 1. The Balaban J connectivity index is 0.00000182. The van der Waals surface area contributed by atoms with Crippen LogP contribution in [0.4, 0.5) is 0 Å². The monoisotopic (exact) mass is 420 g/mol. The molecule has 2 heterocycles. The number of nitrogens with two attached hydrogens (primary N) is 1. The van der Waals surface area contributed by atoms with Crippen molar-refractivity contribution in [3.63, 3.8) is 0 Å². The van der Waals surface area contributed by atoms with Crippen molar-refractivity contribution in [1.82, 2.24) is 15.0 Å². The molecule has 0 unspecified atom stereocenters. The Hall–Kier alpha value is -0.820. The zero-order valence-corrected chi connectivity index (χ0v) is 18.2. The average Bonchev–Trinajstić information content (AvgIpc) is 2.95. The summed E-state index contributed by atoms with van der Waals surface area (Å²) < 4.78 is 5.25. The van der Waals surface area contributed by atoms with Gasteiger partial charge in [0.2, 0.25) is 5.91 Å². The molecule has 1 aliphatic carbocycles. The number of carbonyl (C=O) groups excluding carboxylic acids is 1. The second-order valence-electron chi connectivity index (χ2n) is 7.90. The fraction of sp³-hybridized carbons (Fsp3) is 0.789. The van der Waals surface area contributed by atoms with Gasteiger partial charge in [-0.25, -0.2) is 0 Å². The number of nitrogens with zero attached hydrogens (tertiary/aromatic N) is 3. The Morgan fingerprint density at radius 3 is 2.26 bits per heavy atom. The van der Waals surface area contributed by atoms with Crippen LogP contribution in [-0.4, -0.2) is 53.6 Å². The van der Waals surface area contributed by atoms with E-state index in [-0.39, 0.29) is 30.2 Å². The molecular formula is C19H34Cl2N4O2. The topological polar surface area (TPSA) is 75.6 Å². The SMILES string of the molecule is Cc1noc(C)c1CN1CCN(C(=O)CC2(CN)CCCCC2)CC1.Cl.Cl. The Kier molecular flexibility index (Phi) is 9.55. The van der Waals surface area contributed by atoms with Crippen LogP contribution >= 0.6 is 24.8 Å². The van der Waals surface area contributed by atoms with Gasteiger partial charge in [0.05, 0.1) is 5.69 Å². The molecule has 156 valence electrons. The van der Waals surface area contributed by atoms with Gasteiger partial charge in [-0.3, -0.25) is 9.69 Å². The Morgan fingerprint density at radius 1 is 1.11 bits per heavy atom. The van der Waals surface area contributed by atoms with E-state index in [2.05, 4.69) is 10.1 Å². The standard InChI is InChI=1S/C19H32N4O2.2ClH/c1-15-17(16(2)25-21-15)13-22-8-10-23(11-9-22)18(24)12-19(14-20)6-4-3-5-7-19;;/h3-14,20H2,1-2H3;2*1H. The summed E-state index contributed by atoms with van der Waals surface area (Å²) in [5, 5.41) is 4.03. The predicted octanol–water partition coefficient (Wildman–Crippen LogP) is 3.08. The number of piperazine rings is 1. The molecule has 1 aromatic heterocycles. The van der Waals surface area contributed by atoms with Gasteiger partial charge in [0, 0.05) is 44.7 Å². The van der Waals surface area contributed by atoms with Crippen molar-refractivity contribution < 1.29 is 9.32 Å². The summed E-state index contributed by atoms with van der Waals surface area (Å²) in [6.07, 6.45) is 6.58. The van der Waals surface area contributed by atoms with E-state index >= 15 is 0 Å². The van der Waals surface area contributed by atoms with Gasteiger partial charge in [-0.2, -0.15) is 0 Å². The van der Waals surface area contributed by atoms with Crippen molar-refractivity contribution in [2.45, 2.75) is 58.9 Å². The van der Waals surface area contributed by atoms with Gasteiger partial charge in [0.15, 0.2) is 0 Å². The number of amides is 1. The first-order valence-corrected chi connectivity index (χ1v) is 9.65. The third-order valence-electron chi connectivity index (χ3n) is 6.16. The Morgan fingerprint density at radius 2 is 1.74 bits per heavy atom. The van der Waals surface area contributed by atoms with E-state index < -0.39 is 0 Å². The highest BCUT2D eigenvalue weighted by Gasteiger charge is 2.35. The molecule has 0 bridgehead atoms. The number of rotatable bonds is 5. The summed E-state index contributed by atoms with van der Waals surface area (Å²) in [5.41, 5.74) is 8.26. The maximum Gasteiger partial charge on any atom is 0.223 e. The normalized spacial score (nSPS) is 19.9. The van der Waals surface area contributed by atoms with Crippen LogP contribution in [0.2, 0.25) is 0 Å². The van der Waals surface area contributed by atoms with Crippen LogP contribution in [0, 0.1) is 19.3 Å². The fourth-order valence-electron chi connectivity index (χ4n) is 4.29. The van der Waals surface area contributed by atoms with E-state index in [1.165, 1.54) is 24.8 Å². The molecule has 0 aromatic carbocycles. The molecule has 0 radical (unpaired) electrons. The minimum Gasteiger partial charge on any atom is -0.361 e. The molecule has 6 nitrogen and oxygen atoms in total. The van der Waals surface area contributed by atoms with Crippen LogP contribution in [0.5, 0.6) is 0 Å². The fourth-order valence-corrected chi connectivity index (χ4v) is 4.29. The van der Waals surface area contributed by atoms with Gasteiger partial charge < -0.3 is 15.2 Å². The summed E-state index contributed by atoms with van der Waals surface area (Å²) in [6, 6.07) is 0. The van der Waals surface area contributed by atoms with Crippen LogP contribution in [0.1, 0.15) is 55.5 Å². The summed E-state index contributed by atoms with van der Waals surface area (Å²) in [7, 11) is 0. The molecule has 2 N–H and O–H groups in total. The van der Waals surface area contributed by atoms with Crippen molar-refractivity contribution in [1.29, 1.82) is 0 Å². The second-order valence-corrected chi connectivity index (χ2v) is 7.90. The highest BCUT2D eigenvalue weighted by atomic mass is 35.5. The van der Waals surface area contributed by atoms with Gasteiger partial charge >= 0.3 is 0 Å². The molecule has 0 atom stereocenters. The first-order chi connectivity index (χ1) is 12.0. The lowest BCUT2D eigenvalue weighted by Crippen LogP contribution is -2.50. The van der Waals surface area contributed by atoms with E-state index in [1.54, 1.807) is 0 Å². The van der Waals surface area contributed by atoms with Crippen molar-refractivity contribution in [2.24, 2.45) is 11.1 Å². The molecule has 1 saturated heterocycles. The van der Waals surface area contributed by atoms with E-state index in [9.17, 15) is 4.79 Å². The molecule has 1 saturated carbocycles. The third kappa shape index (κ3) is 5.83. The van der Waals surface area contributed by atoms with Crippen LogP contribution in [0.3, 0.4) is 0 Å². The van der Waals surface area contributed by atoms with Crippen molar-refractivity contribution in [2.75, 3.05) is 32.7 Å². The minimum absolute atomic E-state index is 0. The minimum atomic E-state index is 0. The molecule has 0 spiro atoms. The molecular weight excluding hydrogens is 387 g/mol. The average molecular weight is 421 g/mol. The highest BCUT2D eigenvalue weighted by molar-refractivity contribution is 5.85. The molecule has 1 aromatic rings. The molecule has 1 amide bonds. The number of aromatic nitrogens is 1. The Labute approximate surface area is 175 Å². The molecule has 1 aliphatic heterocycles. The van der Waals surface area contributed by atoms with Gasteiger partial charge in [0.1, 0.15) is 5.76 Å². The number of halogens is 2. The molecule has 3 rings (SSSR count).